The van der Waals surface area contributed by atoms with Crippen molar-refractivity contribution in [1.82, 2.24) is 25.7 Å². The molecule has 2 aromatic heterocycles. The Balaban J connectivity index is 1.78. The number of nitrogens with zero attached hydrogens (tertiary/aromatic N) is 3. The highest BCUT2D eigenvalue weighted by Gasteiger charge is 2.31. The molecule has 144 valence electrons. The molecule has 3 heterocycles. The van der Waals surface area contributed by atoms with E-state index in [9.17, 15) is 0 Å². The van der Waals surface area contributed by atoms with Gasteiger partial charge in [0.25, 0.3) is 0 Å². The number of rotatable bonds is 6. The van der Waals surface area contributed by atoms with E-state index in [1.54, 1.807) is 0 Å². The molecule has 7 heteroatoms. The van der Waals surface area contributed by atoms with E-state index in [-0.39, 0.29) is 17.4 Å². The van der Waals surface area contributed by atoms with Gasteiger partial charge in [0.2, 0.25) is 5.89 Å². The van der Waals surface area contributed by atoms with Crippen molar-refractivity contribution in [2.24, 2.45) is 5.92 Å². The van der Waals surface area contributed by atoms with Crippen LogP contribution in [0.2, 0.25) is 0 Å². The summed E-state index contributed by atoms with van der Waals surface area (Å²) in [5.74, 6) is 2.12. The van der Waals surface area contributed by atoms with Gasteiger partial charge in [0.05, 0.1) is 12.2 Å². The van der Waals surface area contributed by atoms with Gasteiger partial charge >= 0.3 is 0 Å². The molecule has 0 saturated carbocycles. The molecule has 1 aliphatic rings. The summed E-state index contributed by atoms with van der Waals surface area (Å²) in [7, 11) is 0. The van der Waals surface area contributed by atoms with Gasteiger partial charge in [0.15, 0.2) is 5.82 Å². The number of hydrogen-bond acceptors (Lipinski definition) is 6. The van der Waals surface area contributed by atoms with E-state index in [0.717, 1.165) is 37.6 Å². The number of ether oxygens (including phenoxy) is 1. The Bertz CT molecular complexity index is 695. The van der Waals surface area contributed by atoms with E-state index in [0.29, 0.717) is 18.4 Å². The minimum absolute atomic E-state index is 0.0248. The molecule has 1 fully saturated rings. The number of nitrogens with one attached hydrogen (secondary N) is 2. The first kappa shape index (κ1) is 19.0. The lowest BCUT2D eigenvalue weighted by molar-refractivity contribution is 0.0485. The Labute approximate surface area is 155 Å². The van der Waals surface area contributed by atoms with E-state index in [4.69, 9.17) is 9.26 Å². The van der Waals surface area contributed by atoms with Gasteiger partial charge in [-0.3, -0.25) is 5.10 Å². The van der Waals surface area contributed by atoms with Crippen molar-refractivity contribution in [3.63, 3.8) is 0 Å². The Morgan fingerprint density at radius 1 is 1.27 bits per heavy atom. The van der Waals surface area contributed by atoms with Crippen LogP contribution >= 0.6 is 0 Å². The van der Waals surface area contributed by atoms with Crippen LogP contribution in [0.3, 0.4) is 0 Å². The fourth-order valence-electron chi connectivity index (χ4n) is 3.43. The van der Waals surface area contributed by atoms with Crippen molar-refractivity contribution in [2.45, 2.75) is 71.4 Å². The Morgan fingerprint density at radius 2 is 2.00 bits per heavy atom. The highest BCUT2D eigenvalue weighted by Crippen LogP contribution is 2.31. The third-order valence-electron chi connectivity index (χ3n) is 4.96. The molecule has 0 aromatic carbocycles. The summed E-state index contributed by atoms with van der Waals surface area (Å²) >= 11 is 0. The van der Waals surface area contributed by atoms with E-state index < -0.39 is 0 Å². The van der Waals surface area contributed by atoms with Gasteiger partial charge in [0, 0.05) is 42.3 Å². The maximum Gasteiger partial charge on any atom is 0.244 e. The van der Waals surface area contributed by atoms with Crippen molar-refractivity contribution >= 4 is 0 Å². The zero-order valence-electron chi connectivity index (χ0n) is 16.5. The van der Waals surface area contributed by atoms with Gasteiger partial charge in [-0.15, -0.1) is 0 Å². The van der Waals surface area contributed by atoms with Crippen molar-refractivity contribution in [2.75, 3.05) is 13.2 Å². The Hall–Kier alpha value is -1.73. The van der Waals surface area contributed by atoms with Crippen molar-refractivity contribution < 1.29 is 9.26 Å². The molecule has 2 aromatic rings. The lowest BCUT2D eigenvalue weighted by Gasteiger charge is -2.29. The molecule has 1 aliphatic heterocycles. The molecular formula is C19H31N5O2. The van der Waals surface area contributed by atoms with E-state index in [2.05, 4.69) is 60.3 Å². The van der Waals surface area contributed by atoms with Crippen LogP contribution < -0.4 is 5.32 Å². The Morgan fingerprint density at radius 3 is 2.62 bits per heavy atom. The highest BCUT2D eigenvalue weighted by atomic mass is 16.5. The zero-order valence-corrected chi connectivity index (χ0v) is 16.5. The molecular weight excluding hydrogens is 330 g/mol. The summed E-state index contributed by atoms with van der Waals surface area (Å²) in [6, 6.07) is 0.0293. The number of aromatic amines is 1. The minimum Gasteiger partial charge on any atom is -0.381 e. The molecule has 0 radical (unpaired) electrons. The predicted octanol–water partition coefficient (Wildman–Crippen LogP) is 3.47. The fourth-order valence-corrected chi connectivity index (χ4v) is 3.43. The minimum atomic E-state index is 0.0248. The van der Waals surface area contributed by atoms with Crippen molar-refractivity contribution in [3.8, 4) is 0 Å². The van der Waals surface area contributed by atoms with Gasteiger partial charge in [-0.2, -0.15) is 10.1 Å². The average Bonchev–Trinajstić information content (AvgIpc) is 3.25. The normalized spacial score (nSPS) is 17.8. The van der Waals surface area contributed by atoms with Crippen LogP contribution in [-0.2, 0) is 16.7 Å². The summed E-state index contributed by atoms with van der Waals surface area (Å²) in [4.78, 5) is 4.65. The molecule has 0 spiro atoms. The summed E-state index contributed by atoms with van der Waals surface area (Å²) in [6.45, 7) is 13.0. The largest absolute Gasteiger partial charge is 0.381 e. The highest BCUT2D eigenvalue weighted by molar-refractivity contribution is 5.23. The van der Waals surface area contributed by atoms with Gasteiger partial charge < -0.3 is 14.6 Å². The number of H-pyrrole nitrogens is 1. The molecule has 1 atom stereocenters. The van der Waals surface area contributed by atoms with Crippen LogP contribution in [0.15, 0.2) is 10.7 Å². The second-order valence-electron chi connectivity index (χ2n) is 8.47. The van der Waals surface area contributed by atoms with Crippen LogP contribution in [0.4, 0.5) is 0 Å². The fraction of sp³-hybridized carbons (Fsp3) is 0.737. The lowest BCUT2D eigenvalue weighted by atomic mass is 9.88. The van der Waals surface area contributed by atoms with Crippen LogP contribution in [0.5, 0.6) is 0 Å². The first-order chi connectivity index (χ1) is 12.4. The van der Waals surface area contributed by atoms with Crippen molar-refractivity contribution in [1.29, 1.82) is 0 Å². The summed E-state index contributed by atoms with van der Waals surface area (Å²) < 4.78 is 11.2. The molecule has 3 rings (SSSR count). The van der Waals surface area contributed by atoms with Crippen molar-refractivity contribution in [3.05, 3.63) is 29.2 Å². The third-order valence-corrected chi connectivity index (χ3v) is 4.96. The van der Waals surface area contributed by atoms with Crippen LogP contribution in [0.25, 0.3) is 0 Å². The number of hydrogen-bond donors (Lipinski definition) is 2. The first-order valence-electron chi connectivity index (χ1n) is 9.53. The monoisotopic (exact) mass is 361 g/mol. The first-order valence-corrected chi connectivity index (χ1v) is 9.53. The standard InChI is InChI=1S/C19H31N5O2/c1-12(2)17-22-18(26-24-17)15(13-6-8-25-9-7-13)20-10-14-11-21-23-16(14)19(3,4)5/h11-13,15,20H,6-10H2,1-5H3,(H,21,23)/t15-/m0/s1. The van der Waals surface area contributed by atoms with Crippen LogP contribution in [0.1, 0.15) is 82.4 Å². The summed E-state index contributed by atoms with van der Waals surface area (Å²) in [6.07, 6.45) is 3.89. The molecule has 0 unspecified atom stereocenters. The molecule has 0 bridgehead atoms. The van der Waals surface area contributed by atoms with Crippen LogP contribution in [-0.4, -0.2) is 33.6 Å². The number of aromatic nitrogens is 4. The second-order valence-corrected chi connectivity index (χ2v) is 8.47. The van der Waals surface area contributed by atoms with E-state index in [1.165, 1.54) is 5.56 Å². The lowest BCUT2D eigenvalue weighted by Crippen LogP contribution is -2.32. The quantitative estimate of drug-likeness (QED) is 0.819. The van der Waals surface area contributed by atoms with Gasteiger partial charge in [-0.25, -0.2) is 0 Å². The predicted molar refractivity (Wildman–Crippen MR) is 98.8 cm³/mol. The summed E-state index contributed by atoms with van der Waals surface area (Å²) in [5, 5.41) is 15.2. The second kappa shape index (κ2) is 7.88. The third kappa shape index (κ3) is 4.32. The molecule has 1 saturated heterocycles. The molecule has 0 aliphatic carbocycles. The molecule has 7 nitrogen and oxygen atoms in total. The van der Waals surface area contributed by atoms with Gasteiger partial charge in [0.1, 0.15) is 0 Å². The maximum absolute atomic E-state index is 5.62. The smallest absolute Gasteiger partial charge is 0.244 e. The molecule has 0 amide bonds. The zero-order chi connectivity index (χ0) is 18.7. The van der Waals surface area contributed by atoms with Crippen LogP contribution in [0, 0.1) is 5.92 Å². The van der Waals surface area contributed by atoms with Gasteiger partial charge in [-0.1, -0.05) is 39.8 Å². The topological polar surface area (TPSA) is 88.9 Å². The summed E-state index contributed by atoms with van der Waals surface area (Å²) in [5.41, 5.74) is 2.36. The SMILES string of the molecule is CC(C)c1noc([C@@H](NCc2cn[nH]c2C(C)(C)C)C2CCOCC2)n1. The van der Waals surface area contributed by atoms with E-state index >= 15 is 0 Å². The van der Waals surface area contributed by atoms with Gasteiger partial charge in [-0.05, 0) is 18.8 Å². The average molecular weight is 361 g/mol. The van der Waals surface area contributed by atoms with E-state index in [1.807, 2.05) is 6.20 Å². The molecule has 26 heavy (non-hydrogen) atoms. The molecule has 2 N–H and O–H groups in total. The maximum atomic E-state index is 5.62. The Kier molecular flexibility index (Phi) is 5.77.